The first kappa shape index (κ1) is 20.0. The first-order valence-corrected chi connectivity index (χ1v) is 9.45. The molecule has 1 heterocycles. The van der Waals surface area contributed by atoms with Gasteiger partial charge in [-0.25, -0.2) is 4.79 Å². The first-order valence-electron chi connectivity index (χ1n) is 9.45. The molecule has 0 fully saturated rings. The molecule has 0 aliphatic rings. The van der Waals surface area contributed by atoms with E-state index in [0.717, 1.165) is 11.1 Å². The van der Waals surface area contributed by atoms with Gasteiger partial charge in [0, 0.05) is 40.7 Å². The Kier molecular flexibility index (Phi) is 5.79. The van der Waals surface area contributed by atoms with E-state index in [4.69, 9.17) is 13.9 Å². The number of methoxy groups -OCH3 is 2. The van der Waals surface area contributed by atoms with Crippen LogP contribution in [0.5, 0.6) is 11.5 Å². The Balaban J connectivity index is 1.42. The van der Waals surface area contributed by atoms with Gasteiger partial charge in [-0.3, -0.25) is 0 Å². The number of nitrogens with one attached hydrogen (secondary N) is 2. The molecule has 2 N–H and O–H groups in total. The van der Waals surface area contributed by atoms with Crippen molar-refractivity contribution in [2.24, 2.45) is 0 Å². The maximum absolute atomic E-state index is 12.4. The van der Waals surface area contributed by atoms with E-state index in [1.165, 1.54) is 0 Å². The van der Waals surface area contributed by atoms with E-state index in [2.05, 4.69) is 20.8 Å². The van der Waals surface area contributed by atoms with E-state index in [1.807, 2.05) is 30.3 Å². The molecule has 1 aromatic heterocycles. The zero-order chi connectivity index (χ0) is 21.6. The molecule has 0 saturated heterocycles. The van der Waals surface area contributed by atoms with Crippen LogP contribution in [0.2, 0.25) is 0 Å². The quantitative estimate of drug-likeness (QED) is 0.456. The van der Waals surface area contributed by atoms with Gasteiger partial charge in [-0.2, -0.15) is 0 Å². The number of carbonyl (C=O) groups excluding carboxylic acids is 1. The van der Waals surface area contributed by atoms with E-state index in [9.17, 15) is 4.79 Å². The van der Waals surface area contributed by atoms with Gasteiger partial charge >= 0.3 is 6.03 Å². The summed E-state index contributed by atoms with van der Waals surface area (Å²) in [7, 11) is 3.10. The van der Waals surface area contributed by atoms with Crippen molar-refractivity contribution in [3.63, 3.8) is 0 Å². The van der Waals surface area contributed by atoms with Crippen LogP contribution in [0, 0.1) is 0 Å². The number of nitrogens with zero attached hydrogens (tertiary/aromatic N) is 2. The second kappa shape index (κ2) is 9.00. The third kappa shape index (κ3) is 4.81. The number of anilines is 2. The number of hydrogen-bond donors (Lipinski definition) is 2. The van der Waals surface area contributed by atoms with Crippen molar-refractivity contribution in [1.82, 2.24) is 10.2 Å². The molecule has 4 rings (SSSR count). The Morgan fingerprint density at radius 1 is 0.742 bits per heavy atom. The minimum absolute atomic E-state index is 0.396. The molecule has 3 aromatic carbocycles. The van der Waals surface area contributed by atoms with Gasteiger partial charge in [0.1, 0.15) is 11.5 Å². The van der Waals surface area contributed by atoms with Crippen LogP contribution in [0.25, 0.3) is 22.9 Å². The van der Waals surface area contributed by atoms with Crippen LogP contribution in [0.4, 0.5) is 16.2 Å². The smallest absolute Gasteiger partial charge is 0.323 e. The average Bonchev–Trinajstić information content (AvgIpc) is 3.30. The lowest BCUT2D eigenvalue weighted by molar-refractivity contribution is 0.262. The molecule has 0 unspecified atom stereocenters. The highest BCUT2D eigenvalue weighted by atomic mass is 16.5. The molecule has 0 radical (unpaired) electrons. The Hall–Kier alpha value is -4.33. The standard InChI is InChI=1S/C23H20N4O4/c1-29-19-12-18(13-20(14-19)30-2)25-23(28)24-17-10-8-16(9-11-17)22-27-26-21(31-22)15-6-4-3-5-7-15/h3-14H,1-2H3,(H2,24,25,28). The summed E-state index contributed by atoms with van der Waals surface area (Å²) in [4.78, 5) is 12.4. The third-order valence-electron chi connectivity index (χ3n) is 4.44. The van der Waals surface area contributed by atoms with Gasteiger partial charge in [-0.1, -0.05) is 18.2 Å². The predicted octanol–water partition coefficient (Wildman–Crippen LogP) is 5.06. The molecule has 31 heavy (non-hydrogen) atoms. The van der Waals surface area contributed by atoms with E-state index in [-0.39, 0.29) is 0 Å². The summed E-state index contributed by atoms with van der Waals surface area (Å²) in [5, 5.41) is 13.7. The van der Waals surface area contributed by atoms with Crippen LogP contribution in [0.15, 0.2) is 77.2 Å². The van der Waals surface area contributed by atoms with Crippen molar-refractivity contribution in [3.8, 4) is 34.4 Å². The molecule has 0 bridgehead atoms. The van der Waals surface area contributed by atoms with Crippen LogP contribution in [0.3, 0.4) is 0 Å². The molecule has 0 aliphatic heterocycles. The fraction of sp³-hybridized carbons (Fsp3) is 0.0870. The van der Waals surface area contributed by atoms with Crippen LogP contribution >= 0.6 is 0 Å². The number of ether oxygens (including phenoxy) is 2. The molecular formula is C23H20N4O4. The van der Waals surface area contributed by atoms with Crippen molar-refractivity contribution < 1.29 is 18.7 Å². The van der Waals surface area contributed by atoms with Crippen molar-refractivity contribution in [1.29, 1.82) is 0 Å². The van der Waals surface area contributed by atoms with Crippen molar-refractivity contribution in [3.05, 3.63) is 72.8 Å². The normalized spacial score (nSPS) is 10.4. The van der Waals surface area contributed by atoms with Gasteiger partial charge in [0.05, 0.1) is 14.2 Å². The Morgan fingerprint density at radius 3 is 1.87 bits per heavy atom. The van der Waals surface area contributed by atoms with Crippen molar-refractivity contribution in [2.45, 2.75) is 0 Å². The lowest BCUT2D eigenvalue weighted by Gasteiger charge is -2.11. The topological polar surface area (TPSA) is 98.5 Å². The highest BCUT2D eigenvalue weighted by Gasteiger charge is 2.11. The Morgan fingerprint density at radius 2 is 1.29 bits per heavy atom. The van der Waals surface area contributed by atoms with Gasteiger partial charge in [0.15, 0.2) is 0 Å². The molecule has 156 valence electrons. The van der Waals surface area contributed by atoms with E-state index in [1.54, 1.807) is 56.7 Å². The molecule has 4 aromatic rings. The molecule has 0 spiro atoms. The summed E-state index contributed by atoms with van der Waals surface area (Å²) in [6.45, 7) is 0. The molecule has 0 saturated carbocycles. The molecule has 0 aliphatic carbocycles. The second-order valence-corrected chi connectivity index (χ2v) is 6.54. The van der Waals surface area contributed by atoms with E-state index >= 15 is 0 Å². The monoisotopic (exact) mass is 416 g/mol. The molecule has 8 nitrogen and oxygen atoms in total. The fourth-order valence-corrected chi connectivity index (χ4v) is 2.91. The van der Waals surface area contributed by atoms with Crippen LogP contribution < -0.4 is 20.1 Å². The van der Waals surface area contributed by atoms with Crippen LogP contribution in [-0.2, 0) is 0 Å². The number of benzene rings is 3. The molecular weight excluding hydrogens is 396 g/mol. The van der Waals surface area contributed by atoms with Gasteiger partial charge in [-0.15, -0.1) is 10.2 Å². The van der Waals surface area contributed by atoms with Crippen molar-refractivity contribution in [2.75, 3.05) is 24.9 Å². The van der Waals surface area contributed by atoms with Gasteiger partial charge in [-0.05, 0) is 36.4 Å². The number of hydrogen-bond acceptors (Lipinski definition) is 6. The number of urea groups is 1. The van der Waals surface area contributed by atoms with Gasteiger partial charge in [0.2, 0.25) is 11.8 Å². The summed E-state index contributed by atoms with van der Waals surface area (Å²) in [6.07, 6.45) is 0. The van der Waals surface area contributed by atoms with Crippen LogP contribution in [0.1, 0.15) is 0 Å². The molecule has 8 heteroatoms. The summed E-state index contributed by atoms with van der Waals surface area (Å²) in [6, 6.07) is 21.4. The number of rotatable bonds is 6. The number of amides is 2. The largest absolute Gasteiger partial charge is 0.497 e. The summed E-state index contributed by atoms with van der Waals surface area (Å²) in [5.41, 5.74) is 2.76. The summed E-state index contributed by atoms with van der Waals surface area (Å²) < 4.78 is 16.2. The minimum atomic E-state index is -0.396. The molecule has 2 amide bonds. The summed E-state index contributed by atoms with van der Waals surface area (Å²) in [5.74, 6) is 2.01. The highest BCUT2D eigenvalue weighted by molar-refractivity contribution is 6.00. The lowest BCUT2D eigenvalue weighted by atomic mass is 10.2. The maximum Gasteiger partial charge on any atom is 0.323 e. The van der Waals surface area contributed by atoms with Gasteiger partial charge in [0.25, 0.3) is 0 Å². The predicted molar refractivity (Wildman–Crippen MR) is 117 cm³/mol. The van der Waals surface area contributed by atoms with E-state index in [0.29, 0.717) is 34.7 Å². The maximum atomic E-state index is 12.4. The fourth-order valence-electron chi connectivity index (χ4n) is 2.91. The number of carbonyl (C=O) groups is 1. The number of aromatic nitrogens is 2. The Bertz CT molecular complexity index is 1150. The van der Waals surface area contributed by atoms with Crippen LogP contribution in [-0.4, -0.2) is 30.4 Å². The zero-order valence-corrected chi connectivity index (χ0v) is 17.0. The highest BCUT2D eigenvalue weighted by Crippen LogP contribution is 2.27. The zero-order valence-electron chi connectivity index (χ0n) is 17.0. The third-order valence-corrected chi connectivity index (χ3v) is 4.44. The Labute approximate surface area is 178 Å². The first-order chi connectivity index (χ1) is 15.1. The lowest BCUT2D eigenvalue weighted by Crippen LogP contribution is -2.19. The average molecular weight is 416 g/mol. The van der Waals surface area contributed by atoms with Crippen molar-refractivity contribution >= 4 is 17.4 Å². The molecule has 0 atom stereocenters. The van der Waals surface area contributed by atoms with Gasteiger partial charge < -0.3 is 24.5 Å². The minimum Gasteiger partial charge on any atom is -0.497 e. The SMILES string of the molecule is COc1cc(NC(=O)Nc2ccc(-c3nnc(-c4ccccc4)o3)cc2)cc(OC)c1. The van der Waals surface area contributed by atoms with E-state index < -0.39 is 6.03 Å². The second-order valence-electron chi connectivity index (χ2n) is 6.54. The summed E-state index contributed by atoms with van der Waals surface area (Å²) >= 11 is 0.